The minimum absolute atomic E-state index is 0.0894. The molecular formula is C15H25NO2. The van der Waals surface area contributed by atoms with Crippen molar-refractivity contribution < 1.29 is 9.84 Å². The quantitative estimate of drug-likeness (QED) is 0.764. The van der Waals surface area contributed by atoms with Crippen molar-refractivity contribution in [2.45, 2.75) is 46.2 Å². The first-order chi connectivity index (χ1) is 8.44. The topological polar surface area (TPSA) is 41.5 Å². The lowest BCUT2D eigenvalue weighted by Crippen LogP contribution is -2.35. The van der Waals surface area contributed by atoms with Gasteiger partial charge in [0.2, 0.25) is 0 Å². The molecule has 0 fully saturated rings. The van der Waals surface area contributed by atoms with Crippen molar-refractivity contribution in [3.8, 4) is 5.75 Å². The van der Waals surface area contributed by atoms with Gasteiger partial charge in [-0.05, 0) is 33.3 Å². The molecule has 0 bridgehead atoms. The summed E-state index contributed by atoms with van der Waals surface area (Å²) >= 11 is 0. The van der Waals surface area contributed by atoms with Gasteiger partial charge in [0.15, 0.2) is 0 Å². The van der Waals surface area contributed by atoms with Crippen LogP contribution in [0, 0.1) is 6.92 Å². The second kappa shape index (κ2) is 6.76. The van der Waals surface area contributed by atoms with Crippen molar-refractivity contribution in [2.24, 2.45) is 0 Å². The van der Waals surface area contributed by atoms with Gasteiger partial charge in [-0.25, -0.2) is 0 Å². The number of aliphatic hydroxyl groups excluding tert-OH is 1. The van der Waals surface area contributed by atoms with Crippen molar-refractivity contribution in [3.63, 3.8) is 0 Å². The zero-order valence-corrected chi connectivity index (χ0v) is 11.9. The normalized spacial score (nSPS) is 11.6. The van der Waals surface area contributed by atoms with Gasteiger partial charge in [0.05, 0.1) is 6.61 Å². The maximum atomic E-state index is 8.80. The summed E-state index contributed by atoms with van der Waals surface area (Å²) in [7, 11) is 0. The van der Waals surface area contributed by atoms with E-state index < -0.39 is 0 Å². The van der Waals surface area contributed by atoms with E-state index in [2.05, 4.69) is 45.1 Å². The number of aliphatic hydroxyl groups is 1. The van der Waals surface area contributed by atoms with Crippen molar-refractivity contribution in [1.29, 1.82) is 0 Å². The Bertz CT molecular complexity index is 369. The summed E-state index contributed by atoms with van der Waals surface area (Å²) in [6, 6.07) is 6.18. The van der Waals surface area contributed by atoms with Gasteiger partial charge >= 0.3 is 0 Å². The molecule has 1 rings (SSSR count). The van der Waals surface area contributed by atoms with Crippen molar-refractivity contribution in [1.82, 2.24) is 5.32 Å². The van der Waals surface area contributed by atoms with Crippen LogP contribution in [0.3, 0.4) is 0 Å². The van der Waals surface area contributed by atoms with Crippen molar-refractivity contribution in [3.05, 3.63) is 29.3 Å². The van der Waals surface area contributed by atoms with Gasteiger partial charge in [0, 0.05) is 30.7 Å². The number of nitrogens with one attached hydrogen (secondary N) is 1. The minimum atomic E-state index is 0.0894. The van der Waals surface area contributed by atoms with E-state index in [0.717, 1.165) is 17.9 Å². The highest BCUT2D eigenvalue weighted by Crippen LogP contribution is 2.24. The molecule has 0 amide bonds. The average molecular weight is 251 g/mol. The third kappa shape index (κ3) is 5.07. The SMILES string of the molecule is Cc1cccc(CNC(C)(C)C)c1OCCCO. The predicted octanol–water partition coefficient (Wildman–Crippen LogP) is 2.64. The van der Waals surface area contributed by atoms with Crippen molar-refractivity contribution >= 4 is 0 Å². The molecule has 0 saturated carbocycles. The number of benzene rings is 1. The van der Waals surface area contributed by atoms with Crippen LogP contribution in [0.15, 0.2) is 18.2 Å². The Labute approximate surface area is 110 Å². The van der Waals surface area contributed by atoms with Gasteiger partial charge in [0.25, 0.3) is 0 Å². The van der Waals surface area contributed by atoms with E-state index in [9.17, 15) is 0 Å². The van der Waals surface area contributed by atoms with E-state index in [1.54, 1.807) is 0 Å². The summed E-state index contributed by atoms with van der Waals surface area (Å²) < 4.78 is 5.77. The van der Waals surface area contributed by atoms with Gasteiger partial charge in [-0.2, -0.15) is 0 Å². The molecule has 0 atom stereocenters. The number of hydrogen-bond donors (Lipinski definition) is 2. The number of hydrogen-bond acceptors (Lipinski definition) is 3. The van der Waals surface area contributed by atoms with Gasteiger partial charge in [0.1, 0.15) is 5.75 Å². The van der Waals surface area contributed by atoms with Crippen molar-refractivity contribution in [2.75, 3.05) is 13.2 Å². The summed E-state index contributed by atoms with van der Waals surface area (Å²) in [5.74, 6) is 0.947. The van der Waals surface area contributed by atoms with Crippen LogP contribution in [0.2, 0.25) is 0 Å². The lowest BCUT2D eigenvalue weighted by Gasteiger charge is -2.22. The molecular weight excluding hydrogens is 226 g/mol. The maximum absolute atomic E-state index is 8.80. The summed E-state index contributed by atoms with van der Waals surface area (Å²) in [4.78, 5) is 0. The number of para-hydroxylation sites is 1. The Morgan fingerprint density at radius 1 is 1.28 bits per heavy atom. The molecule has 0 aliphatic heterocycles. The molecule has 0 unspecified atom stereocenters. The van der Waals surface area contributed by atoms with Gasteiger partial charge < -0.3 is 15.2 Å². The molecule has 0 aliphatic carbocycles. The largest absolute Gasteiger partial charge is 0.493 e. The van der Waals surface area contributed by atoms with Crippen LogP contribution in [-0.4, -0.2) is 23.9 Å². The lowest BCUT2D eigenvalue weighted by atomic mass is 10.1. The molecule has 0 spiro atoms. The third-order valence-corrected chi connectivity index (χ3v) is 2.65. The number of aryl methyl sites for hydroxylation is 1. The summed E-state index contributed by atoms with van der Waals surface area (Å²) in [6.45, 7) is 10.0. The molecule has 0 aromatic heterocycles. The fraction of sp³-hybridized carbons (Fsp3) is 0.600. The molecule has 1 aromatic rings. The number of ether oxygens (including phenoxy) is 1. The first-order valence-electron chi connectivity index (χ1n) is 6.51. The first-order valence-corrected chi connectivity index (χ1v) is 6.51. The van der Waals surface area contributed by atoms with Crippen LogP contribution in [0.25, 0.3) is 0 Å². The zero-order chi connectivity index (χ0) is 13.6. The standard InChI is InChI=1S/C15H25NO2/c1-12-7-5-8-13(11-16-15(2,3)4)14(12)18-10-6-9-17/h5,7-8,16-17H,6,9-11H2,1-4H3. The Kier molecular flexibility index (Phi) is 5.63. The van der Waals surface area contributed by atoms with E-state index in [4.69, 9.17) is 9.84 Å². The van der Waals surface area contributed by atoms with Crippen LogP contribution in [0.5, 0.6) is 5.75 Å². The summed E-state index contributed by atoms with van der Waals surface area (Å²) in [6.07, 6.45) is 0.667. The zero-order valence-electron chi connectivity index (χ0n) is 11.9. The highest BCUT2D eigenvalue weighted by Gasteiger charge is 2.12. The second-order valence-electron chi connectivity index (χ2n) is 5.59. The Balaban J connectivity index is 2.73. The van der Waals surface area contributed by atoms with Gasteiger partial charge in [-0.1, -0.05) is 18.2 Å². The van der Waals surface area contributed by atoms with Crippen LogP contribution in [0.4, 0.5) is 0 Å². The van der Waals surface area contributed by atoms with E-state index in [-0.39, 0.29) is 12.1 Å². The molecule has 0 aliphatic rings. The summed E-state index contributed by atoms with van der Waals surface area (Å²) in [5.41, 5.74) is 2.40. The van der Waals surface area contributed by atoms with Crippen LogP contribution >= 0.6 is 0 Å². The molecule has 2 N–H and O–H groups in total. The highest BCUT2D eigenvalue weighted by molar-refractivity contribution is 5.40. The average Bonchev–Trinajstić information content (AvgIpc) is 2.28. The third-order valence-electron chi connectivity index (χ3n) is 2.65. The molecule has 0 heterocycles. The Hall–Kier alpha value is -1.06. The first kappa shape index (κ1) is 15.0. The molecule has 0 saturated heterocycles. The van der Waals surface area contributed by atoms with E-state index in [1.165, 1.54) is 5.56 Å². The maximum Gasteiger partial charge on any atom is 0.126 e. The smallest absolute Gasteiger partial charge is 0.126 e. The molecule has 18 heavy (non-hydrogen) atoms. The van der Waals surface area contributed by atoms with Crippen LogP contribution in [0.1, 0.15) is 38.3 Å². The highest BCUT2D eigenvalue weighted by atomic mass is 16.5. The van der Waals surface area contributed by atoms with Gasteiger partial charge in [-0.3, -0.25) is 0 Å². The Morgan fingerprint density at radius 3 is 2.61 bits per heavy atom. The van der Waals surface area contributed by atoms with E-state index in [1.807, 2.05) is 6.07 Å². The molecule has 1 aromatic carbocycles. The Morgan fingerprint density at radius 2 is 2.00 bits per heavy atom. The van der Waals surface area contributed by atoms with Crippen LogP contribution < -0.4 is 10.1 Å². The molecule has 102 valence electrons. The predicted molar refractivity (Wildman–Crippen MR) is 75.0 cm³/mol. The summed E-state index contributed by atoms with van der Waals surface area (Å²) in [5, 5.41) is 12.3. The van der Waals surface area contributed by atoms with Crippen LogP contribution in [-0.2, 0) is 6.54 Å². The van der Waals surface area contributed by atoms with E-state index >= 15 is 0 Å². The fourth-order valence-corrected chi connectivity index (χ4v) is 1.66. The number of rotatable bonds is 6. The fourth-order valence-electron chi connectivity index (χ4n) is 1.66. The molecule has 3 heteroatoms. The minimum Gasteiger partial charge on any atom is -0.493 e. The van der Waals surface area contributed by atoms with Gasteiger partial charge in [-0.15, -0.1) is 0 Å². The second-order valence-corrected chi connectivity index (χ2v) is 5.59. The molecule has 3 nitrogen and oxygen atoms in total. The lowest BCUT2D eigenvalue weighted by molar-refractivity contribution is 0.231. The van der Waals surface area contributed by atoms with E-state index in [0.29, 0.717) is 13.0 Å². The monoisotopic (exact) mass is 251 g/mol. The molecule has 0 radical (unpaired) electrons.